The maximum Gasteiger partial charge on any atom is 0.242 e. The second kappa shape index (κ2) is 11.8. The van der Waals surface area contributed by atoms with Crippen LogP contribution in [0.2, 0.25) is 0 Å². The number of hydrogen-bond donors (Lipinski definition) is 1. The molecular weight excluding hydrogens is 449 g/mol. The molecule has 0 bridgehead atoms. The maximum atomic E-state index is 13.3. The van der Waals surface area contributed by atoms with Gasteiger partial charge in [0, 0.05) is 20.1 Å². The summed E-state index contributed by atoms with van der Waals surface area (Å²) in [6.07, 6.45) is 1.59. The third-order valence-corrected chi connectivity index (χ3v) is 6.49. The van der Waals surface area contributed by atoms with E-state index < -0.39 is 34.3 Å². The summed E-state index contributed by atoms with van der Waals surface area (Å²) in [5.41, 5.74) is 1.63. The summed E-state index contributed by atoms with van der Waals surface area (Å²) >= 11 is 0. The first-order valence-corrected chi connectivity index (χ1v) is 12.2. The Labute approximate surface area is 194 Å². The van der Waals surface area contributed by atoms with Crippen LogP contribution in [0.1, 0.15) is 18.1 Å². The van der Waals surface area contributed by atoms with E-state index in [0.717, 1.165) is 21.9 Å². The minimum absolute atomic E-state index is 0.0315. The first kappa shape index (κ1) is 26.3. The lowest BCUT2D eigenvalue weighted by Gasteiger charge is -2.30. The Morgan fingerprint density at radius 1 is 1.06 bits per heavy atom. The van der Waals surface area contributed by atoms with Gasteiger partial charge in [-0.3, -0.25) is 9.59 Å². The molecule has 0 radical (unpaired) electrons. The second-order valence-corrected chi connectivity index (χ2v) is 9.82. The molecule has 0 aromatic heterocycles. The number of methoxy groups -OCH3 is 1. The van der Waals surface area contributed by atoms with Gasteiger partial charge in [-0.25, -0.2) is 12.8 Å². The molecule has 180 valence electrons. The summed E-state index contributed by atoms with van der Waals surface area (Å²) < 4.78 is 42.8. The van der Waals surface area contributed by atoms with E-state index in [4.69, 9.17) is 4.74 Å². The number of sulfonamides is 1. The van der Waals surface area contributed by atoms with E-state index in [1.165, 1.54) is 36.2 Å². The highest BCUT2D eigenvalue weighted by molar-refractivity contribution is 7.88. The summed E-state index contributed by atoms with van der Waals surface area (Å²) in [5.74, 6) is -0.589. The van der Waals surface area contributed by atoms with Crippen LogP contribution in [0.4, 0.5) is 4.39 Å². The molecule has 2 aromatic rings. The quantitative estimate of drug-likeness (QED) is 0.530. The highest BCUT2D eigenvalue weighted by Crippen LogP contribution is 2.13. The summed E-state index contributed by atoms with van der Waals surface area (Å²) in [5, 5.41) is 2.82. The third-order valence-electron chi connectivity index (χ3n) is 5.23. The van der Waals surface area contributed by atoms with E-state index in [1.807, 2.05) is 24.3 Å². The molecule has 1 unspecified atom stereocenters. The molecule has 0 saturated heterocycles. The number of likely N-dealkylation sites (N-methyl/N-ethyl adjacent to an activating group) is 1. The van der Waals surface area contributed by atoms with Crippen molar-refractivity contribution >= 4 is 21.8 Å². The lowest BCUT2D eigenvalue weighted by molar-refractivity contribution is -0.140. The highest BCUT2D eigenvalue weighted by Gasteiger charge is 2.28. The van der Waals surface area contributed by atoms with Crippen LogP contribution in [0.5, 0.6) is 5.75 Å². The molecule has 0 aliphatic carbocycles. The van der Waals surface area contributed by atoms with E-state index in [-0.39, 0.29) is 12.5 Å². The van der Waals surface area contributed by atoms with Gasteiger partial charge in [-0.1, -0.05) is 24.3 Å². The predicted molar refractivity (Wildman–Crippen MR) is 124 cm³/mol. The Bertz CT molecular complexity index is 1040. The molecule has 1 atom stereocenters. The number of rotatable bonds is 11. The predicted octanol–water partition coefficient (Wildman–Crippen LogP) is 1.80. The van der Waals surface area contributed by atoms with E-state index >= 15 is 0 Å². The van der Waals surface area contributed by atoms with Gasteiger partial charge >= 0.3 is 0 Å². The molecule has 0 aliphatic heterocycles. The Hall–Kier alpha value is -2.98. The fraction of sp³-hybridized carbons (Fsp3) is 0.391. The number of ether oxygens (including phenoxy) is 1. The highest BCUT2D eigenvalue weighted by atomic mass is 32.2. The van der Waals surface area contributed by atoms with Crippen LogP contribution in [0, 0.1) is 5.82 Å². The fourth-order valence-electron chi connectivity index (χ4n) is 3.04. The number of amides is 2. The molecule has 1 N–H and O–H groups in total. The van der Waals surface area contributed by atoms with Gasteiger partial charge in [-0.15, -0.1) is 0 Å². The van der Waals surface area contributed by atoms with Crippen molar-refractivity contribution in [2.24, 2.45) is 0 Å². The fourth-order valence-corrected chi connectivity index (χ4v) is 3.38. The van der Waals surface area contributed by atoms with Crippen LogP contribution in [-0.4, -0.2) is 69.0 Å². The smallest absolute Gasteiger partial charge is 0.242 e. The molecule has 10 heteroatoms. The number of carbonyl (C=O) groups excluding carboxylic acids is 2. The average Bonchev–Trinajstić information content (AvgIpc) is 2.77. The van der Waals surface area contributed by atoms with Gasteiger partial charge in [0.05, 0.1) is 19.9 Å². The van der Waals surface area contributed by atoms with Gasteiger partial charge in [0.15, 0.2) is 0 Å². The molecular formula is C23H30FN3O5S. The number of nitrogens with one attached hydrogen (secondary N) is 1. The molecule has 2 amide bonds. The summed E-state index contributed by atoms with van der Waals surface area (Å²) in [4.78, 5) is 27.0. The topological polar surface area (TPSA) is 96.0 Å². The molecule has 0 saturated carbocycles. The van der Waals surface area contributed by atoms with E-state index in [0.29, 0.717) is 18.5 Å². The number of hydrogen-bond acceptors (Lipinski definition) is 5. The lowest BCUT2D eigenvalue weighted by atomic mass is 10.1. The van der Waals surface area contributed by atoms with E-state index in [1.54, 1.807) is 14.0 Å². The summed E-state index contributed by atoms with van der Waals surface area (Å²) in [7, 11) is -0.698. The summed E-state index contributed by atoms with van der Waals surface area (Å²) in [6, 6.07) is 12.2. The van der Waals surface area contributed by atoms with Crippen molar-refractivity contribution in [2.75, 3.05) is 33.5 Å². The Morgan fingerprint density at radius 2 is 1.64 bits per heavy atom. The van der Waals surface area contributed by atoms with Crippen LogP contribution in [0.25, 0.3) is 0 Å². The van der Waals surface area contributed by atoms with Gasteiger partial charge in [0.2, 0.25) is 21.8 Å². The zero-order valence-corrected chi connectivity index (χ0v) is 20.1. The minimum atomic E-state index is -3.58. The van der Waals surface area contributed by atoms with Crippen molar-refractivity contribution in [3.05, 3.63) is 65.5 Å². The van der Waals surface area contributed by atoms with E-state index in [9.17, 15) is 22.4 Å². The summed E-state index contributed by atoms with van der Waals surface area (Å²) in [6.45, 7) is 1.55. The number of benzene rings is 2. The van der Waals surface area contributed by atoms with Gasteiger partial charge in [0.25, 0.3) is 0 Å². The Morgan fingerprint density at radius 3 is 2.18 bits per heavy atom. The SMILES string of the molecule is COc1ccc(CCNC(=O)C(C)N(Cc2ccc(F)cc2)C(=O)CN(C)S(C)(=O)=O)cc1. The second-order valence-electron chi connectivity index (χ2n) is 7.73. The maximum absolute atomic E-state index is 13.3. The van der Waals surface area contributed by atoms with Crippen molar-refractivity contribution in [1.29, 1.82) is 0 Å². The minimum Gasteiger partial charge on any atom is -0.497 e. The largest absolute Gasteiger partial charge is 0.497 e. The number of halogens is 1. The lowest BCUT2D eigenvalue weighted by Crippen LogP contribution is -2.50. The first-order valence-electron chi connectivity index (χ1n) is 10.4. The number of carbonyl (C=O) groups is 2. The molecule has 33 heavy (non-hydrogen) atoms. The zero-order chi connectivity index (χ0) is 24.6. The van der Waals surface area contributed by atoms with Crippen molar-refractivity contribution in [2.45, 2.75) is 25.9 Å². The molecule has 2 rings (SSSR count). The van der Waals surface area contributed by atoms with Crippen LogP contribution in [0.15, 0.2) is 48.5 Å². The monoisotopic (exact) mass is 479 g/mol. The Kier molecular flexibility index (Phi) is 9.36. The van der Waals surface area contributed by atoms with E-state index in [2.05, 4.69) is 5.32 Å². The van der Waals surface area contributed by atoms with Crippen molar-refractivity contribution < 1.29 is 27.1 Å². The Balaban J connectivity index is 2.07. The zero-order valence-electron chi connectivity index (χ0n) is 19.2. The average molecular weight is 480 g/mol. The molecule has 0 heterocycles. The van der Waals surface area contributed by atoms with Crippen LogP contribution in [0.3, 0.4) is 0 Å². The number of nitrogens with zero attached hydrogens (tertiary/aromatic N) is 2. The van der Waals surface area contributed by atoms with Crippen LogP contribution < -0.4 is 10.1 Å². The molecule has 8 nitrogen and oxygen atoms in total. The van der Waals surface area contributed by atoms with Crippen molar-refractivity contribution in [1.82, 2.24) is 14.5 Å². The first-order chi connectivity index (χ1) is 15.5. The third kappa shape index (κ3) is 8.14. The van der Waals surface area contributed by atoms with Gasteiger partial charge in [-0.05, 0) is 48.7 Å². The standard InChI is InChI=1S/C23H30FN3O5S/c1-17(23(29)25-14-13-18-7-11-21(32-3)12-8-18)27(15-19-5-9-20(24)10-6-19)22(28)16-26(2)33(4,30)31/h5-12,17H,13-16H2,1-4H3,(H,25,29). The van der Waals surface area contributed by atoms with Gasteiger partial charge in [-0.2, -0.15) is 4.31 Å². The van der Waals surface area contributed by atoms with Gasteiger partial charge in [0.1, 0.15) is 17.6 Å². The van der Waals surface area contributed by atoms with Crippen molar-refractivity contribution in [3.8, 4) is 5.75 Å². The van der Waals surface area contributed by atoms with Crippen LogP contribution in [-0.2, 0) is 32.6 Å². The van der Waals surface area contributed by atoms with Crippen LogP contribution >= 0.6 is 0 Å². The molecule has 0 spiro atoms. The normalized spacial score (nSPS) is 12.3. The molecule has 0 fully saturated rings. The van der Waals surface area contributed by atoms with Gasteiger partial charge < -0.3 is 15.0 Å². The molecule has 0 aliphatic rings. The molecule has 2 aromatic carbocycles. The van der Waals surface area contributed by atoms with Crippen molar-refractivity contribution in [3.63, 3.8) is 0 Å².